The molecule has 2 heterocycles. The highest BCUT2D eigenvalue weighted by Gasteiger charge is 2.39. The molecule has 0 spiro atoms. The monoisotopic (exact) mass is 483 g/mol. The molecule has 0 radical (unpaired) electrons. The molecule has 2 aromatic rings. The van der Waals surface area contributed by atoms with Gasteiger partial charge in [0.1, 0.15) is 11.8 Å². The Balaban J connectivity index is 1.57. The summed E-state index contributed by atoms with van der Waals surface area (Å²) in [4.78, 5) is 28.8. The number of Topliss-reactive ketones (excluding diaryl/α,β-unsaturated/α-hetero) is 1. The lowest BCUT2D eigenvalue weighted by molar-refractivity contribution is -0.123. The van der Waals surface area contributed by atoms with Crippen LogP contribution in [0.4, 0.5) is 0 Å². The molecule has 3 N–H and O–H groups in total. The number of hydrogen-bond donors (Lipinski definition) is 2. The number of rotatable bonds is 6. The number of nitrogens with one attached hydrogen (secondary N) is 1. The summed E-state index contributed by atoms with van der Waals surface area (Å²) in [6, 6.07) is 13.9. The quantitative estimate of drug-likeness (QED) is 0.649. The molecule has 2 aliphatic heterocycles. The highest BCUT2D eigenvalue weighted by molar-refractivity contribution is 8.03. The summed E-state index contributed by atoms with van der Waals surface area (Å²) in [5.41, 5.74) is 8.52. The maximum absolute atomic E-state index is 13.2. The van der Waals surface area contributed by atoms with E-state index in [1.54, 1.807) is 13.3 Å². The van der Waals surface area contributed by atoms with E-state index in [1.807, 2.05) is 66.4 Å². The lowest BCUT2D eigenvalue weighted by Gasteiger charge is -2.39. The Kier molecular flexibility index (Phi) is 7.12. The Morgan fingerprint density at radius 1 is 1.24 bits per heavy atom. The normalized spacial score (nSPS) is 21.0. The van der Waals surface area contributed by atoms with Crippen LogP contribution in [0.5, 0.6) is 5.75 Å². The maximum atomic E-state index is 13.2. The van der Waals surface area contributed by atoms with Gasteiger partial charge in [0.25, 0.3) is 5.91 Å². The number of fused-ring (bicyclic) bond motifs is 1. The van der Waals surface area contributed by atoms with Gasteiger partial charge < -0.3 is 20.7 Å². The van der Waals surface area contributed by atoms with Crippen LogP contribution in [0.15, 0.2) is 71.3 Å². The molecule has 1 saturated heterocycles. The number of benzene rings is 2. The number of methoxy groups -OCH3 is 1. The molecule has 2 aromatic carbocycles. The van der Waals surface area contributed by atoms with Crippen molar-refractivity contribution in [2.75, 3.05) is 12.9 Å². The van der Waals surface area contributed by atoms with Crippen LogP contribution in [0.2, 0.25) is 5.02 Å². The summed E-state index contributed by atoms with van der Waals surface area (Å²) >= 11 is 7.55. The fourth-order valence-corrected chi connectivity index (χ4v) is 5.18. The van der Waals surface area contributed by atoms with E-state index in [4.69, 9.17) is 22.1 Å². The van der Waals surface area contributed by atoms with Crippen LogP contribution in [-0.2, 0) is 16.1 Å². The Labute approximate surface area is 202 Å². The minimum atomic E-state index is -0.524. The van der Waals surface area contributed by atoms with Crippen LogP contribution < -0.4 is 15.8 Å². The van der Waals surface area contributed by atoms with Gasteiger partial charge in [-0.2, -0.15) is 0 Å². The Morgan fingerprint density at radius 2 is 1.94 bits per heavy atom. The van der Waals surface area contributed by atoms with Gasteiger partial charge in [0.15, 0.2) is 5.78 Å². The van der Waals surface area contributed by atoms with Gasteiger partial charge in [-0.05, 0) is 48.4 Å². The van der Waals surface area contributed by atoms with Gasteiger partial charge in [0, 0.05) is 28.4 Å². The number of ketones is 1. The smallest absolute Gasteiger partial charge is 0.253 e. The summed E-state index contributed by atoms with van der Waals surface area (Å²) in [7, 11) is 1.62. The number of ether oxygens (including phenoxy) is 1. The fourth-order valence-electron chi connectivity index (χ4n) is 3.90. The topological polar surface area (TPSA) is 84.7 Å². The molecule has 1 fully saturated rings. The number of carbonyl (C=O) groups excluding carboxylic acids is 2. The zero-order valence-electron chi connectivity index (χ0n) is 18.5. The lowest BCUT2D eigenvalue weighted by Crippen LogP contribution is -2.52. The second-order valence-electron chi connectivity index (χ2n) is 8.12. The van der Waals surface area contributed by atoms with Crippen LogP contribution >= 0.6 is 23.4 Å². The largest absolute Gasteiger partial charge is 0.497 e. The first-order valence-corrected chi connectivity index (χ1v) is 12.0. The van der Waals surface area contributed by atoms with Crippen LogP contribution in [0.3, 0.4) is 0 Å². The molecule has 2 unspecified atom stereocenters. The minimum absolute atomic E-state index is 0.0312. The Bertz CT molecular complexity index is 1100. The first kappa shape index (κ1) is 23.4. The molecule has 3 atom stereocenters. The van der Waals surface area contributed by atoms with E-state index in [2.05, 4.69) is 5.32 Å². The number of nitrogens with zero attached hydrogens (tertiary/aromatic N) is 1. The molecule has 33 heavy (non-hydrogen) atoms. The highest BCUT2D eigenvalue weighted by Crippen LogP contribution is 2.36. The third-order valence-electron chi connectivity index (χ3n) is 5.77. The molecule has 0 saturated carbocycles. The number of hydrogen-bond acceptors (Lipinski definition) is 6. The molecule has 4 rings (SSSR count). The van der Waals surface area contributed by atoms with Crippen LogP contribution in [-0.4, -0.2) is 41.5 Å². The van der Waals surface area contributed by atoms with Gasteiger partial charge in [-0.3, -0.25) is 9.59 Å². The van der Waals surface area contributed by atoms with Crippen molar-refractivity contribution in [1.29, 1.82) is 0 Å². The molecule has 0 aliphatic carbocycles. The van der Waals surface area contributed by atoms with E-state index < -0.39 is 12.1 Å². The number of amides is 1. The Hall–Kier alpha value is -2.74. The van der Waals surface area contributed by atoms with Crippen molar-refractivity contribution in [1.82, 2.24) is 10.2 Å². The molecule has 0 bridgehead atoms. The second kappa shape index (κ2) is 10.0. The number of carbonyl (C=O) groups is 2. The van der Waals surface area contributed by atoms with E-state index in [0.717, 1.165) is 21.8 Å². The average molecular weight is 484 g/mol. The van der Waals surface area contributed by atoms with Gasteiger partial charge in [-0.25, -0.2) is 0 Å². The van der Waals surface area contributed by atoms with E-state index in [0.29, 0.717) is 22.9 Å². The van der Waals surface area contributed by atoms with Crippen molar-refractivity contribution >= 4 is 35.1 Å². The molecule has 172 valence electrons. The number of thioether (sulfide) groups is 1. The highest BCUT2D eigenvalue weighted by atomic mass is 35.5. The maximum Gasteiger partial charge on any atom is 0.253 e. The van der Waals surface area contributed by atoms with Crippen LogP contribution in [0.1, 0.15) is 24.1 Å². The molecule has 6 nitrogen and oxygen atoms in total. The van der Waals surface area contributed by atoms with Crippen molar-refractivity contribution in [2.24, 2.45) is 5.73 Å². The first-order chi connectivity index (χ1) is 15.9. The average Bonchev–Trinajstić information content (AvgIpc) is 2.82. The Morgan fingerprint density at radius 3 is 2.61 bits per heavy atom. The summed E-state index contributed by atoms with van der Waals surface area (Å²) < 4.78 is 5.20. The van der Waals surface area contributed by atoms with Gasteiger partial charge in [0.05, 0.1) is 24.8 Å². The number of nitrogens with two attached hydrogens (primary N) is 1. The zero-order valence-corrected chi connectivity index (χ0v) is 20.0. The molecule has 8 heteroatoms. The van der Waals surface area contributed by atoms with Crippen molar-refractivity contribution < 1.29 is 14.3 Å². The standard InChI is InChI=1S/C25H26ClN3O3S/c1-15(17-5-9-20(32-2)10-6-17)28-25(31)18-11-22-23(24(30)21(27)14-33-22)29(13-18)12-16-3-7-19(26)8-4-16/h3-11,13,15,21,23H,12,14,27H2,1-2H3,(H,28,31)/t15?,21-,23?/m0/s1. The SMILES string of the molecule is COc1ccc(C(C)NC(=O)C2=CN(Cc3ccc(Cl)cc3)C3C(=O)[C@@H](N)CSC3=C2)cc1. The summed E-state index contributed by atoms with van der Waals surface area (Å²) in [6.45, 7) is 2.39. The molecule has 2 aliphatic rings. The van der Waals surface area contributed by atoms with E-state index in [9.17, 15) is 9.59 Å². The molecular formula is C25H26ClN3O3S. The van der Waals surface area contributed by atoms with Crippen molar-refractivity contribution in [3.05, 3.63) is 87.4 Å². The third-order valence-corrected chi connectivity index (χ3v) is 7.22. The zero-order chi connectivity index (χ0) is 23.5. The molecular weight excluding hydrogens is 458 g/mol. The van der Waals surface area contributed by atoms with E-state index in [-0.39, 0.29) is 17.7 Å². The van der Waals surface area contributed by atoms with Gasteiger partial charge >= 0.3 is 0 Å². The predicted octanol–water partition coefficient (Wildman–Crippen LogP) is 3.82. The molecule has 0 aromatic heterocycles. The second-order valence-corrected chi connectivity index (χ2v) is 9.65. The minimum Gasteiger partial charge on any atom is -0.497 e. The summed E-state index contributed by atoms with van der Waals surface area (Å²) in [6.07, 6.45) is 3.57. The third kappa shape index (κ3) is 5.27. The fraction of sp³-hybridized carbons (Fsp3) is 0.280. The van der Waals surface area contributed by atoms with Crippen LogP contribution in [0.25, 0.3) is 0 Å². The first-order valence-electron chi connectivity index (χ1n) is 10.7. The molecule has 1 amide bonds. The van der Waals surface area contributed by atoms with Gasteiger partial charge in [-0.15, -0.1) is 11.8 Å². The van der Waals surface area contributed by atoms with E-state index in [1.165, 1.54) is 11.8 Å². The lowest BCUT2D eigenvalue weighted by atomic mass is 9.98. The predicted molar refractivity (Wildman–Crippen MR) is 132 cm³/mol. The number of halogens is 1. The van der Waals surface area contributed by atoms with E-state index >= 15 is 0 Å². The summed E-state index contributed by atoms with van der Waals surface area (Å²) in [5.74, 6) is 1.04. The van der Waals surface area contributed by atoms with Gasteiger partial charge in [-0.1, -0.05) is 35.9 Å². The van der Waals surface area contributed by atoms with Crippen molar-refractivity contribution in [2.45, 2.75) is 31.6 Å². The van der Waals surface area contributed by atoms with Crippen LogP contribution in [0, 0.1) is 0 Å². The summed E-state index contributed by atoms with van der Waals surface area (Å²) in [5, 5.41) is 3.70. The van der Waals surface area contributed by atoms with Crippen molar-refractivity contribution in [3.63, 3.8) is 0 Å². The van der Waals surface area contributed by atoms with Crippen molar-refractivity contribution in [3.8, 4) is 5.75 Å². The van der Waals surface area contributed by atoms with Gasteiger partial charge in [0.2, 0.25) is 0 Å².